The molecule has 290 valence electrons. The molecule has 4 aromatic carbocycles. The Labute approximate surface area is 325 Å². The lowest BCUT2D eigenvalue weighted by atomic mass is 9.91. The quantitative estimate of drug-likeness (QED) is 0.120. The molecule has 0 bridgehead atoms. The van der Waals surface area contributed by atoms with E-state index >= 15 is 0 Å². The van der Waals surface area contributed by atoms with Crippen LogP contribution in [0.15, 0.2) is 88.3 Å². The summed E-state index contributed by atoms with van der Waals surface area (Å²) in [5, 5.41) is 43.5. The lowest BCUT2D eigenvalue weighted by Gasteiger charge is -2.22. The van der Waals surface area contributed by atoms with E-state index in [1.807, 2.05) is 0 Å². The maximum Gasteiger partial charge on any atom is 0.201 e. The molecule has 0 saturated heterocycles. The van der Waals surface area contributed by atoms with Crippen LogP contribution in [0.2, 0.25) is 0 Å². The molecule has 8 aromatic rings. The van der Waals surface area contributed by atoms with Gasteiger partial charge in [0.15, 0.2) is 56.2 Å². The maximum absolute atomic E-state index is 14.7. The van der Waals surface area contributed by atoms with Crippen molar-refractivity contribution in [2.75, 3.05) is 14.2 Å². The highest BCUT2D eigenvalue weighted by molar-refractivity contribution is 6.21. The first-order valence-corrected chi connectivity index (χ1v) is 18.0. The minimum Gasteiger partial charge on any atom is -0.504 e. The first kappa shape index (κ1) is 34.7. The van der Waals surface area contributed by atoms with E-state index in [1.165, 1.54) is 51.0 Å². The number of hydrogen-bond donors (Lipinski definition) is 4. The second-order valence-electron chi connectivity index (χ2n) is 13.9. The molecule has 2 aliphatic rings. The van der Waals surface area contributed by atoms with Gasteiger partial charge in [-0.2, -0.15) is 0 Å². The molecule has 2 unspecified atom stereocenters. The SMILES string of the molecule is COc1c(-c2c(OC)c3ccoc3c3oc(-c4cc(O)c(O)c5c4C=CC(C)O5)cc(=O)c23)c2c(=O)cc(-c3cc(O)c(O)c4c3C=CC(C)O4)oc2c2occc12. The van der Waals surface area contributed by atoms with Crippen molar-refractivity contribution in [1.82, 2.24) is 0 Å². The van der Waals surface area contributed by atoms with Crippen LogP contribution in [0, 0.1) is 0 Å². The topological polar surface area (TPSA) is 205 Å². The molecule has 6 heterocycles. The molecule has 4 aromatic heterocycles. The zero-order chi connectivity index (χ0) is 40.3. The van der Waals surface area contributed by atoms with Gasteiger partial charge in [-0.05, 0) is 50.3 Å². The van der Waals surface area contributed by atoms with E-state index in [0.717, 1.165) is 0 Å². The van der Waals surface area contributed by atoms with Gasteiger partial charge >= 0.3 is 0 Å². The van der Waals surface area contributed by atoms with E-state index in [1.54, 1.807) is 50.3 Å². The summed E-state index contributed by atoms with van der Waals surface area (Å²) in [5.41, 5.74) is 0.541. The third-order valence-corrected chi connectivity index (χ3v) is 10.5. The van der Waals surface area contributed by atoms with Gasteiger partial charge in [-0.15, -0.1) is 0 Å². The van der Waals surface area contributed by atoms with Gasteiger partial charge in [-0.3, -0.25) is 9.59 Å². The van der Waals surface area contributed by atoms with Crippen molar-refractivity contribution < 1.29 is 57.0 Å². The van der Waals surface area contributed by atoms with Crippen molar-refractivity contribution in [3.8, 4) is 79.8 Å². The van der Waals surface area contributed by atoms with Crippen LogP contribution in [-0.4, -0.2) is 46.9 Å². The standard InChI is InChI=1S/C44H30O14/c1-17-5-7-19-23(13-27(47)35(49)39(19)55-17)29-15-25(45)31-33(37(51-3)21-9-11-53-41(21)43(31)57-29)34-32-26(46)16-30(58-44(32)42-22(10-12-54-42)38(34)52-4)24-14-28(48)36(50)40-20(24)8-6-18(2)56-40/h5-18,47-50H,1-4H3. The number of phenolic OH excluding ortho intramolecular Hbond substituents is 4. The molecule has 0 radical (unpaired) electrons. The van der Waals surface area contributed by atoms with Gasteiger partial charge in [0.05, 0.1) is 48.3 Å². The molecule has 0 aliphatic carbocycles. The average molecular weight is 783 g/mol. The number of rotatable bonds is 5. The first-order chi connectivity index (χ1) is 28.0. The van der Waals surface area contributed by atoms with Gasteiger partial charge in [0, 0.05) is 45.5 Å². The van der Waals surface area contributed by atoms with Gasteiger partial charge < -0.3 is 57.0 Å². The number of benzene rings is 4. The van der Waals surface area contributed by atoms with Crippen molar-refractivity contribution in [2.24, 2.45) is 0 Å². The Morgan fingerprint density at radius 1 is 0.586 bits per heavy atom. The normalized spacial score (nSPS) is 15.8. The fourth-order valence-electron chi connectivity index (χ4n) is 7.96. The van der Waals surface area contributed by atoms with E-state index < -0.39 is 46.1 Å². The predicted octanol–water partition coefficient (Wildman–Crippen LogP) is 8.82. The van der Waals surface area contributed by atoms with Crippen molar-refractivity contribution in [3.63, 3.8) is 0 Å². The van der Waals surface area contributed by atoms with Crippen LogP contribution in [0.5, 0.6) is 46.0 Å². The van der Waals surface area contributed by atoms with Gasteiger partial charge in [0.1, 0.15) is 35.2 Å². The van der Waals surface area contributed by atoms with Crippen molar-refractivity contribution >= 4 is 56.0 Å². The number of ether oxygens (including phenoxy) is 4. The Kier molecular flexibility index (Phi) is 7.41. The summed E-state index contributed by atoms with van der Waals surface area (Å²) in [6.45, 7) is 3.53. The highest BCUT2D eigenvalue weighted by atomic mass is 16.5. The number of aromatic hydroxyl groups is 4. The molecule has 0 spiro atoms. The maximum atomic E-state index is 14.7. The molecular formula is C44H30O14. The van der Waals surface area contributed by atoms with Crippen LogP contribution in [0.3, 0.4) is 0 Å². The average Bonchev–Trinajstić information content (AvgIpc) is 3.91. The Balaban J connectivity index is 1.32. The molecule has 58 heavy (non-hydrogen) atoms. The molecule has 14 nitrogen and oxygen atoms in total. The molecule has 14 heteroatoms. The Morgan fingerprint density at radius 3 is 1.40 bits per heavy atom. The Hall–Kier alpha value is -7.74. The van der Waals surface area contributed by atoms with Gasteiger partial charge in [-0.25, -0.2) is 0 Å². The Morgan fingerprint density at radius 2 is 1.00 bits per heavy atom. The number of phenols is 4. The summed E-state index contributed by atoms with van der Waals surface area (Å²) >= 11 is 0. The second-order valence-corrected chi connectivity index (χ2v) is 13.9. The van der Waals surface area contributed by atoms with Crippen LogP contribution in [0.25, 0.3) is 89.8 Å². The molecular weight excluding hydrogens is 752 g/mol. The molecule has 0 fully saturated rings. The molecule has 10 rings (SSSR count). The second kappa shape index (κ2) is 12.4. The van der Waals surface area contributed by atoms with Gasteiger partial charge in [0.25, 0.3) is 0 Å². The van der Waals surface area contributed by atoms with Crippen LogP contribution in [-0.2, 0) is 0 Å². The summed E-state index contributed by atoms with van der Waals surface area (Å²) in [5.74, 6) is -1.54. The van der Waals surface area contributed by atoms with Gasteiger partial charge in [0.2, 0.25) is 11.5 Å². The van der Waals surface area contributed by atoms with Crippen LogP contribution in [0.4, 0.5) is 0 Å². The number of fused-ring (bicyclic) bond motifs is 8. The van der Waals surface area contributed by atoms with E-state index in [2.05, 4.69) is 0 Å². The fraction of sp³-hybridized carbons (Fsp3) is 0.136. The predicted molar refractivity (Wildman–Crippen MR) is 212 cm³/mol. The van der Waals surface area contributed by atoms with Gasteiger partial charge in [-0.1, -0.05) is 12.2 Å². The fourth-order valence-corrected chi connectivity index (χ4v) is 7.96. The van der Waals surface area contributed by atoms with Crippen molar-refractivity contribution in [1.29, 1.82) is 0 Å². The molecule has 2 atom stereocenters. The monoisotopic (exact) mass is 782 g/mol. The summed E-state index contributed by atoms with van der Waals surface area (Å²) in [6.07, 6.45) is 8.89. The largest absolute Gasteiger partial charge is 0.504 e. The van der Waals surface area contributed by atoms with E-state index in [-0.39, 0.29) is 89.9 Å². The zero-order valence-corrected chi connectivity index (χ0v) is 31.0. The summed E-state index contributed by atoms with van der Waals surface area (Å²) in [7, 11) is 2.82. The first-order valence-electron chi connectivity index (χ1n) is 18.0. The number of hydrogen-bond acceptors (Lipinski definition) is 14. The van der Waals surface area contributed by atoms with Crippen molar-refractivity contribution in [2.45, 2.75) is 26.1 Å². The lowest BCUT2D eigenvalue weighted by Crippen LogP contribution is -2.13. The smallest absolute Gasteiger partial charge is 0.201 e. The van der Waals surface area contributed by atoms with E-state index in [0.29, 0.717) is 21.9 Å². The minimum atomic E-state index is -0.589. The van der Waals surface area contributed by atoms with Crippen LogP contribution < -0.4 is 29.8 Å². The number of methoxy groups -OCH3 is 2. The van der Waals surface area contributed by atoms with Crippen LogP contribution in [0.1, 0.15) is 25.0 Å². The third-order valence-electron chi connectivity index (χ3n) is 10.5. The minimum absolute atomic E-state index is 0.0137. The van der Waals surface area contributed by atoms with E-state index in [4.69, 9.17) is 36.6 Å². The zero-order valence-electron chi connectivity index (χ0n) is 31.0. The summed E-state index contributed by atoms with van der Waals surface area (Å²) in [4.78, 5) is 29.4. The molecule has 0 amide bonds. The van der Waals surface area contributed by atoms with E-state index in [9.17, 15) is 30.0 Å². The lowest BCUT2D eigenvalue weighted by molar-refractivity contribution is 0.249. The summed E-state index contributed by atoms with van der Waals surface area (Å²) < 4.78 is 48.6. The summed E-state index contributed by atoms with van der Waals surface area (Å²) in [6, 6.07) is 8.23. The molecule has 4 N–H and O–H groups in total. The third kappa shape index (κ3) is 4.77. The molecule has 0 saturated carbocycles. The highest BCUT2D eigenvalue weighted by Crippen LogP contribution is 2.53. The van der Waals surface area contributed by atoms with Crippen LogP contribution >= 0.6 is 0 Å². The Bertz CT molecular complexity index is 3060. The van der Waals surface area contributed by atoms with Crippen molar-refractivity contribution in [3.05, 3.63) is 92.7 Å². The highest BCUT2D eigenvalue weighted by Gasteiger charge is 2.33. The number of furan rings is 2. The molecule has 2 aliphatic heterocycles.